The zero-order valence-electron chi connectivity index (χ0n) is 12.8. The summed E-state index contributed by atoms with van der Waals surface area (Å²) in [4.78, 5) is 0. The van der Waals surface area contributed by atoms with Gasteiger partial charge in [0.25, 0.3) is 0 Å². The number of hydrogen-bond donors (Lipinski definition) is 1. The Balaban J connectivity index is 1.85. The van der Waals surface area contributed by atoms with E-state index < -0.39 is 6.10 Å². The summed E-state index contributed by atoms with van der Waals surface area (Å²) >= 11 is 0. The molecular formula is C18H26O2. The predicted molar refractivity (Wildman–Crippen MR) is 80.7 cm³/mol. The molecule has 2 aliphatic rings. The van der Waals surface area contributed by atoms with E-state index in [0.717, 1.165) is 5.56 Å². The summed E-state index contributed by atoms with van der Waals surface area (Å²) in [7, 11) is 0. The zero-order chi connectivity index (χ0) is 14.3. The van der Waals surface area contributed by atoms with Gasteiger partial charge < -0.3 is 9.84 Å². The standard InChI is InChI=1S/C18H26O2/c1-11-12(2)20-13(3)17(11)18(19)16-9-8-14-6-4-5-7-15(14)10-16/h8-13,17-19H,4-7H2,1-3H3. The number of ether oxygens (including phenoxy) is 1. The molecule has 1 heterocycles. The Labute approximate surface area is 122 Å². The van der Waals surface area contributed by atoms with E-state index in [9.17, 15) is 5.11 Å². The van der Waals surface area contributed by atoms with Crippen molar-refractivity contribution in [1.82, 2.24) is 0 Å². The summed E-state index contributed by atoms with van der Waals surface area (Å²) in [6.45, 7) is 6.40. The lowest BCUT2D eigenvalue weighted by Crippen LogP contribution is -2.25. The highest BCUT2D eigenvalue weighted by molar-refractivity contribution is 5.35. The van der Waals surface area contributed by atoms with Crippen molar-refractivity contribution < 1.29 is 9.84 Å². The van der Waals surface area contributed by atoms with Gasteiger partial charge in [-0.15, -0.1) is 0 Å². The lowest BCUT2D eigenvalue weighted by Gasteiger charge is -2.26. The van der Waals surface area contributed by atoms with Crippen molar-refractivity contribution in [2.24, 2.45) is 11.8 Å². The van der Waals surface area contributed by atoms with E-state index in [2.05, 4.69) is 39.0 Å². The van der Waals surface area contributed by atoms with E-state index in [1.807, 2.05) is 0 Å². The molecule has 3 rings (SSSR count). The minimum absolute atomic E-state index is 0.131. The highest BCUT2D eigenvalue weighted by Crippen LogP contribution is 2.41. The molecule has 0 bridgehead atoms. The van der Waals surface area contributed by atoms with Crippen LogP contribution in [0.5, 0.6) is 0 Å². The predicted octanol–water partition coefficient (Wildman–Crippen LogP) is 3.66. The zero-order valence-corrected chi connectivity index (χ0v) is 12.8. The lowest BCUT2D eigenvalue weighted by atomic mass is 9.80. The largest absolute Gasteiger partial charge is 0.388 e. The van der Waals surface area contributed by atoms with Gasteiger partial charge in [-0.3, -0.25) is 0 Å². The van der Waals surface area contributed by atoms with E-state index in [1.165, 1.54) is 36.8 Å². The Hall–Kier alpha value is -0.860. The van der Waals surface area contributed by atoms with E-state index in [4.69, 9.17) is 4.74 Å². The molecule has 2 heteroatoms. The van der Waals surface area contributed by atoms with Gasteiger partial charge in [0.2, 0.25) is 0 Å². The second kappa shape index (κ2) is 5.50. The Kier molecular flexibility index (Phi) is 3.87. The third-order valence-corrected chi connectivity index (χ3v) is 5.40. The summed E-state index contributed by atoms with van der Waals surface area (Å²) < 4.78 is 5.88. The first-order chi connectivity index (χ1) is 9.58. The molecule has 0 radical (unpaired) electrons. The molecular weight excluding hydrogens is 248 g/mol. The third-order valence-electron chi connectivity index (χ3n) is 5.40. The Morgan fingerprint density at radius 2 is 1.75 bits per heavy atom. The molecule has 2 nitrogen and oxygen atoms in total. The fourth-order valence-corrected chi connectivity index (χ4v) is 4.00. The molecule has 0 aromatic heterocycles. The fourth-order valence-electron chi connectivity index (χ4n) is 4.00. The molecule has 0 amide bonds. The molecule has 1 aromatic carbocycles. The Morgan fingerprint density at radius 3 is 2.40 bits per heavy atom. The molecule has 1 fully saturated rings. The van der Waals surface area contributed by atoms with E-state index >= 15 is 0 Å². The highest BCUT2D eigenvalue weighted by Gasteiger charge is 2.41. The fraction of sp³-hybridized carbons (Fsp3) is 0.667. The van der Waals surface area contributed by atoms with Crippen molar-refractivity contribution in [3.05, 3.63) is 34.9 Å². The maximum Gasteiger partial charge on any atom is 0.0846 e. The van der Waals surface area contributed by atoms with Crippen LogP contribution in [0, 0.1) is 11.8 Å². The van der Waals surface area contributed by atoms with Gasteiger partial charge in [0.05, 0.1) is 18.3 Å². The van der Waals surface area contributed by atoms with Crippen LogP contribution in [0.3, 0.4) is 0 Å². The first-order valence-corrected chi connectivity index (χ1v) is 8.03. The van der Waals surface area contributed by atoms with Crippen molar-refractivity contribution in [1.29, 1.82) is 0 Å². The summed E-state index contributed by atoms with van der Waals surface area (Å²) in [6, 6.07) is 6.58. The van der Waals surface area contributed by atoms with Gasteiger partial charge >= 0.3 is 0 Å². The van der Waals surface area contributed by atoms with E-state index in [0.29, 0.717) is 5.92 Å². The van der Waals surface area contributed by atoms with Gasteiger partial charge in [-0.2, -0.15) is 0 Å². The summed E-state index contributed by atoms with van der Waals surface area (Å²) in [5, 5.41) is 10.8. The smallest absolute Gasteiger partial charge is 0.0846 e. The maximum absolute atomic E-state index is 10.8. The lowest BCUT2D eigenvalue weighted by molar-refractivity contribution is 0.0231. The van der Waals surface area contributed by atoms with Gasteiger partial charge in [-0.1, -0.05) is 25.1 Å². The van der Waals surface area contributed by atoms with Gasteiger partial charge in [0.15, 0.2) is 0 Å². The number of aryl methyl sites for hydroxylation is 2. The number of fused-ring (bicyclic) bond motifs is 1. The van der Waals surface area contributed by atoms with Crippen molar-refractivity contribution in [3.63, 3.8) is 0 Å². The van der Waals surface area contributed by atoms with Gasteiger partial charge in [-0.05, 0) is 62.1 Å². The van der Waals surface area contributed by atoms with Crippen molar-refractivity contribution >= 4 is 0 Å². The van der Waals surface area contributed by atoms with Crippen LogP contribution in [0.1, 0.15) is 56.4 Å². The second-order valence-corrected chi connectivity index (χ2v) is 6.66. The average molecular weight is 274 g/mol. The van der Waals surface area contributed by atoms with Crippen LogP contribution >= 0.6 is 0 Å². The maximum atomic E-state index is 10.8. The quantitative estimate of drug-likeness (QED) is 0.892. The summed E-state index contributed by atoms with van der Waals surface area (Å²) in [5.74, 6) is 0.600. The van der Waals surface area contributed by atoms with Crippen LogP contribution < -0.4 is 0 Å². The molecule has 0 spiro atoms. The van der Waals surface area contributed by atoms with Crippen LogP contribution in [0.4, 0.5) is 0 Å². The van der Waals surface area contributed by atoms with Crippen LogP contribution in [0.2, 0.25) is 0 Å². The molecule has 1 aliphatic carbocycles. The monoisotopic (exact) mass is 274 g/mol. The number of aliphatic hydroxyl groups is 1. The molecule has 5 unspecified atom stereocenters. The molecule has 20 heavy (non-hydrogen) atoms. The normalized spacial score (nSPS) is 34.8. The van der Waals surface area contributed by atoms with Crippen molar-refractivity contribution in [2.75, 3.05) is 0 Å². The van der Waals surface area contributed by atoms with Crippen molar-refractivity contribution in [3.8, 4) is 0 Å². The number of rotatable bonds is 2. The highest BCUT2D eigenvalue weighted by atomic mass is 16.5. The first kappa shape index (κ1) is 14.1. The molecule has 110 valence electrons. The molecule has 1 N–H and O–H groups in total. The van der Waals surface area contributed by atoms with Crippen molar-refractivity contribution in [2.45, 2.75) is 64.8 Å². The van der Waals surface area contributed by atoms with Crippen LogP contribution in [-0.4, -0.2) is 17.3 Å². The third kappa shape index (κ3) is 2.40. The average Bonchev–Trinajstić information content (AvgIpc) is 2.71. The van der Waals surface area contributed by atoms with E-state index in [1.54, 1.807) is 0 Å². The first-order valence-electron chi connectivity index (χ1n) is 8.03. The summed E-state index contributed by atoms with van der Waals surface area (Å²) in [6.07, 6.45) is 4.91. The number of benzene rings is 1. The molecule has 0 saturated carbocycles. The molecule has 1 aliphatic heterocycles. The SMILES string of the molecule is CC1OC(C)C(C(O)c2ccc3c(c2)CCCC3)C1C. The number of aliphatic hydroxyl groups excluding tert-OH is 1. The van der Waals surface area contributed by atoms with Gasteiger partial charge in [-0.25, -0.2) is 0 Å². The van der Waals surface area contributed by atoms with Gasteiger partial charge in [0, 0.05) is 5.92 Å². The van der Waals surface area contributed by atoms with Crippen LogP contribution in [0.25, 0.3) is 0 Å². The Morgan fingerprint density at radius 1 is 1.05 bits per heavy atom. The minimum Gasteiger partial charge on any atom is -0.388 e. The topological polar surface area (TPSA) is 29.5 Å². The van der Waals surface area contributed by atoms with Crippen LogP contribution in [0.15, 0.2) is 18.2 Å². The van der Waals surface area contributed by atoms with E-state index in [-0.39, 0.29) is 18.1 Å². The molecule has 5 atom stereocenters. The second-order valence-electron chi connectivity index (χ2n) is 6.66. The summed E-state index contributed by atoms with van der Waals surface area (Å²) in [5.41, 5.74) is 4.00. The van der Waals surface area contributed by atoms with Gasteiger partial charge in [0.1, 0.15) is 0 Å². The minimum atomic E-state index is -0.405. The Bertz CT molecular complexity index is 482. The van der Waals surface area contributed by atoms with Crippen LogP contribution in [-0.2, 0) is 17.6 Å². The molecule has 1 aromatic rings. The molecule has 1 saturated heterocycles. The number of hydrogen-bond acceptors (Lipinski definition) is 2.